The number of nitrogens with two attached hydrogens (primary N) is 1. The molecule has 1 saturated heterocycles. The van der Waals surface area contributed by atoms with Crippen LogP contribution >= 0.6 is 11.8 Å². The molecule has 3 heteroatoms. The van der Waals surface area contributed by atoms with Gasteiger partial charge in [-0.25, -0.2) is 0 Å². The molecule has 0 radical (unpaired) electrons. The van der Waals surface area contributed by atoms with Gasteiger partial charge in [-0.1, -0.05) is 12.1 Å². The van der Waals surface area contributed by atoms with Crippen LogP contribution in [0.4, 0.5) is 0 Å². The van der Waals surface area contributed by atoms with Gasteiger partial charge in [0.25, 0.3) is 0 Å². The van der Waals surface area contributed by atoms with Crippen LogP contribution < -0.4 is 5.73 Å². The van der Waals surface area contributed by atoms with Gasteiger partial charge in [0.05, 0.1) is 0 Å². The third-order valence-corrected chi connectivity index (χ3v) is 4.30. The molecule has 2 atom stereocenters. The van der Waals surface area contributed by atoms with Crippen molar-refractivity contribution in [1.82, 2.24) is 0 Å². The minimum absolute atomic E-state index is 0.329. The minimum atomic E-state index is 0.329. The van der Waals surface area contributed by atoms with Gasteiger partial charge in [0.2, 0.25) is 0 Å². The summed E-state index contributed by atoms with van der Waals surface area (Å²) < 4.78 is 0. The zero-order valence-electron chi connectivity index (χ0n) is 8.73. The van der Waals surface area contributed by atoms with Crippen LogP contribution in [0, 0.1) is 5.92 Å². The number of hydrogen-bond acceptors (Lipinski definition) is 3. The van der Waals surface area contributed by atoms with Crippen LogP contribution in [0.5, 0.6) is 5.75 Å². The summed E-state index contributed by atoms with van der Waals surface area (Å²) >= 11 is 2.02. The van der Waals surface area contributed by atoms with Crippen LogP contribution in [0.1, 0.15) is 17.9 Å². The van der Waals surface area contributed by atoms with E-state index in [4.69, 9.17) is 5.73 Å². The van der Waals surface area contributed by atoms with E-state index in [1.165, 1.54) is 23.5 Å². The molecule has 0 bridgehead atoms. The largest absolute Gasteiger partial charge is 0.508 e. The highest BCUT2D eigenvalue weighted by molar-refractivity contribution is 7.99. The first-order valence-electron chi connectivity index (χ1n) is 5.38. The summed E-state index contributed by atoms with van der Waals surface area (Å²) in [5, 5.41) is 9.24. The zero-order chi connectivity index (χ0) is 10.7. The highest BCUT2D eigenvalue weighted by Gasteiger charge is 2.25. The summed E-state index contributed by atoms with van der Waals surface area (Å²) in [6, 6.07) is 7.49. The van der Waals surface area contributed by atoms with Crippen LogP contribution in [0.2, 0.25) is 0 Å². The number of aromatic hydroxyl groups is 1. The van der Waals surface area contributed by atoms with Crippen molar-refractivity contribution in [2.75, 3.05) is 18.1 Å². The van der Waals surface area contributed by atoms with E-state index in [2.05, 4.69) is 0 Å². The molecule has 2 nitrogen and oxygen atoms in total. The first kappa shape index (κ1) is 10.8. The molecule has 1 fully saturated rings. The number of thioether (sulfide) groups is 1. The Bertz CT molecular complexity index is 306. The maximum absolute atomic E-state index is 9.24. The van der Waals surface area contributed by atoms with Gasteiger partial charge in [0, 0.05) is 0 Å². The van der Waals surface area contributed by atoms with Gasteiger partial charge in [-0.05, 0) is 54.0 Å². The molecule has 15 heavy (non-hydrogen) atoms. The highest BCUT2D eigenvalue weighted by atomic mass is 32.2. The fourth-order valence-corrected chi connectivity index (χ4v) is 3.53. The first-order chi connectivity index (χ1) is 7.31. The molecule has 2 unspecified atom stereocenters. The molecule has 1 heterocycles. The van der Waals surface area contributed by atoms with Gasteiger partial charge in [-0.2, -0.15) is 11.8 Å². The topological polar surface area (TPSA) is 46.2 Å². The molecule has 1 aromatic rings. The molecule has 0 aromatic heterocycles. The molecule has 0 spiro atoms. The van der Waals surface area contributed by atoms with Gasteiger partial charge < -0.3 is 10.8 Å². The summed E-state index contributed by atoms with van der Waals surface area (Å²) in [5.74, 6) is 3.99. The van der Waals surface area contributed by atoms with Crippen molar-refractivity contribution in [2.45, 2.75) is 12.3 Å². The molecule has 3 N–H and O–H groups in total. The van der Waals surface area contributed by atoms with Gasteiger partial charge in [-0.15, -0.1) is 0 Å². The van der Waals surface area contributed by atoms with E-state index in [0.717, 1.165) is 0 Å². The Hall–Kier alpha value is -0.670. The second kappa shape index (κ2) is 4.90. The van der Waals surface area contributed by atoms with Crippen molar-refractivity contribution < 1.29 is 5.11 Å². The second-order valence-electron chi connectivity index (χ2n) is 4.06. The predicted octanol–water partition coefficient (Wildman–Crippen LogP) is 2.19. The lowest BCUT2D eigenvalue weighted by Crippen LogP contribution is -2.21. The molecule has 1 aromatic carbocycles. The summed E-state index contributed by atoms with van der Waals surface area (Å²) in [5.41, 5.74) is 7.12. The predicted molar refractivity (Wildman–Crippen MR) is 65.3 cm³/mol. The molecular formula is C12H17NOS. The van der Waals surface area contributed by atoms with E-state index in [1.807, 2.05) is 23.9 Å². The molecule has 1 aliphatic rings. The Labute approximate surface area is 94.9 Å². The first-order valence-corrected chi connectivity index (χ1v) is 6.53. The van der Waals surface area contributed by atoms with Crippen LogP contribution in [-0.4, -0.2) is 23.2 Å². The van der Waals surface area contributed by atoms with E-state index >= 15 is 0 Å². The average Bonchev–Trinajstić information content (AvgIpc) is 2.75. The summed E-state index contributed by atoms with van der Waals surface area (Å²) in [7, 11) is 0. The quantitative estimate of drug-likeness (QED) is 0.825. The number of hydrogen-bond donors (Lipinski definition) is 2. The molecule has 0 saturated carbocycles. The maximum Gasteiger partial charge on any atom is 0.115 e. The Balaban J connectivity index is 2.14. The van der Waals surface area contributed by atoms with Crippen molar-refractivity contribution >= 4 is 11.8 Å². The van der Waals surface area contributed by atoms with Gasteiger partial charge in [0.15, 0.2) is 0 Å². The third-order valence-electron chi connectivity index (χ3n) is 3.11. The summed E-state index contributed by atoms with van der Waals surface area (Å²) in [6.45, 7) is 0.704. The molecule has 2 rings (SSSR count). The Kier molecular flexibility index (Phi) is 3.54. The van der Waals surface area contributed by atoms with Crippen LogP contribution in [-0.2, 0) is 0 Å². The Morgan fingerprint density at radius 3 is 2.67 bits per heavy atom. The lowest BCUT2D eigenvalue weighted by Gasteiger charge is -2.21. The van der Waals surface area contributed by atoms with Gasteiger partial charge in [0.1, 0.15) is 5.75 Å². The lowest BCUT2D eigenvalue weighted by molar-refractivity contribution is 0.466. The molecular weight excluding hydrogens is 206 g/mol. The number of phenols is 1. The average molecular weight is 223 g/mol. The van der Waals surface area contributed by atoms with Crippen molar-refractivity contribution in [3.8, 4) is 5.75 Å². The number of rotatable bonds is 3. The van der Waals surface area contributed by atoms with E-state index < -0.39 is 0 Å². The fraction of sp³-hybridized carbons (Fsp3) is 0.500. The number of benzene rings is 1. The van der Waals surface area contributed by atoms with Gasteiger partial charge >= 0.3 is 0 Å². The molecule has 0 amide bonds. The minimum Gasteiger partial charge on any atom is -0.508 e. The Morgan fingerprint density at radius 2 is 2.13 bits per heavy atom. The molecule has 1 aliphatic heterocycles. The van der Waals surface area contributed by atoms with E-state index in [9.17, 15) is 5.11 Å². The molecule has 82 valence electrons. The summed E-state index contributed by atoms with van der Waals surface area (Å²) in [4.78, 5) is 0. The lowest BCUT2D eigenvalue weighted by atomic mass is 9.86. The van der Waals surface area contributed by atoms with Crippen LogP contribution in [0.15, 0.2) is 24.3 Å². The second-order valence-corrected chi connectivity index (χ2v) is 5.21. The number of phenolic OH excluding ortho intramolecular Hbond substituents is 1. The van der Waals surface area contributed by atoms with E-state index in [1.54, 1.807) is 12.1 Å². The third kappa shape index (κ3) is 2.47. The van der Waals surface area contributed by atoms with Crippen molar-refractivity contribution in [2.24, 2.45) is 11.7 Å². The standard InChI is InChI=1S/C12H17NOS/c13-7-12(10-5-6-15-8-10)9-1-3-11(14)4-2-9/h1-4,10,12,14H,5-8,13H2. The smallest absolute Gasteiger partial charge is 0.115 e. The highest BCUT2D eigenvalue weighted by Crippen LogP contribution is 2.35. The van der Waals surface area contributed by atoms with Crippen molar-refractivity contribution in [3.05, 3.63) is 29.8 Å². The van der Waals surface area contributed by atoms with E-state index in [-0.39, 0.29) is 0 Å². The normalized spacial score (nSPS) is 22.9. The fourth-order valence-electron chi connectivity index (χ4n) is 2.19. The SMILES string of the molecule is NCC(c1ccc(O)cc1)C1CCSC1. The van der Waals surface area contributed by atoms with Gasteiger partial charge in [-0.3, -0.25) is 0 Å². The van der Waals surface area contributed by atoms with Crippen molar-refractivity contribution in [1.29, 1.82) is 0 Å². The van der Waals surface area contributed by atoms with E-state index in [0.29, 0.717) is 24.1 Å². The zero-order valence-corrected chi connectivity index (χ0v) is 9.54. The Morgan fingerprint density at radius 1 is 1.40 bits per heavy atom. The van der Waals surface area contributed by atoms with Crippen LogP contribution in [0.3, 0.4) is 0 Å². The monoisotopic (exact) mass is 223 g/mol. The maximum atomic E-state index is 9.24. The molecule has 0 aliphatic carbocycles. The van der Waals surface area contributed by atoms with Crippen LogP contribution in [0.25, 0.3) is 0 Å². The van der Waals surface area contributed by atoms with Crippen molar-refractivity contribution in [3.63, 3.8) is 0 Å². The summed E-state index contributed by atoms with van der Waals surface area (Å²) in [6.07, 6.45) is 1.27.